The van der Waals surface area contributed by atoms with Gasteiger partial charge in [-0.1, -0.05) is 13.0 Å². The Morgan fingerprint density at radius 2 is 2.12 bits per heavy atom. The molecule has 2 atom stereocenters. The van der Waals surface area contributed by atoms with Crippen LogP contribution in [0.15, 0.2) is 18.2 Å². The quantitative estimate of drug-likeness (QED) is 0.610. The molecule has 1 aromatic rings. The minimum absolute atomic E-state index is 0.109. The smallest absolute Gasteiger partial charge is 0.325 e. The molecule has 0 fully saturated rings. The Morgan fingerprint density at radius 3 is 2.62 bits per heavy atom. The number of phenolic OH excluding ortho intramolecular Hbond substituents is 1. The lowest BCUT2D eigenvalue weighted by atomic mass is 9.99. The van der Waals surface area contributed by atoms with E-state index in [0.717, 1.165) is 0 Å². The third-order valence-electron chi connectivity index (χ3n) is 2.42. The van der Waals surface area contributed by atoms with Gasteiger partial charge < -0.3 is 21.1 Å². The van der Waals surface area contributed by atoms with Crippen LogP contribution in [-0.4, -0.2) is 21.3 Å². The lowest BCUT2D eigenvalue weighted by molar-refractivity contribution is -0.138. The van der Waals surface area contributed by atoms with Crippen molar-refractivity contribution >= 4 is 5.97 Å². The molecule has 88 valence electrons. The van der Waals surface area contributed by atoms with Gasteiger partial charge in [0.25, 0.3) is 0 Å². The zero-order valence-electron chi connectivity index (χ0n) is 8.92. The first-order valence-electron chi connectivity index (χ1n) is 4.96. The number of phenols is 1. The van der Waals surface area contributed by atoms with Gasteiger partial charge in [0.1, 0.15) is 11.8 Å². The maximum Gasteiger partial charge on any atom is 0.325 e. The van der Waals surface area contributed by atoms with Crippen LogP contribution in [0.4, 0.5) is 0 Å². The van der Waals surface area contributed by atoms with Crippen molar-refractivity contribution in [3.8, 4) is 5.75 Å². The molecule has 5 N–H and O–H groups in total. The van der Waals surface area contributed by atoms with E-state index < -0.39 is 18.1 Å². The lowest BCUT2D eigenvalue weighted by Gasteiger charge is -2.13. The van der Waals surface area contributed by atoms with Crippen molar-refractivity contribution < 1.29 is 20.1 Å². The van der Waals surface area contributed by atoms with Crippen molar-refractivity contribution in [2.75, 3.05) is 0 Å². The van der Waals surface area contributed by atoms with Crippen LogP contribution in [0, 0.1) is 0 Å². The van der Waals surface area contributed by atoms with Gasteiger partial charge in [-0.25, -0.2) is 0 Å². The standard InChI is InChI=1S/C11H15NO4/c1-2-8(13)6-3-4-9(14)7(5-6)10(12)11(15)16/h3-5,8,10,13-14H,2,12H2,1H3,(H,15,16). The van der Waals surface area contributed by atoms with Gasteiger partial charge in [-0.15, -0.1) is 0 Å². The molecule has 16 heavy (non-hydrogen) atoms. The maximum absolute atomic E-state index is 10.7. The molecule has 0 aliphatic heterocycles. The van der Waals surface area contributed by atoms with Gasteiger partial charge in [0, 0.05) is 5.56 Å². The summed E-state index contributed by atoms with van der Waals surface area (Å²) in [6, 6.07) is 3.01. The van der Waals surface area contributed by atoms with Crippen molar-refractivity contribution in [2.24, 2.45) is 5.73 Å². The third-order valence-corrected chi connectivity index (χ3v) is 2.42. The third kappa shape index (κ3) is 2.50. The summed E-state index contributed by atoms with van der Waals surface area (Å²) >= 11 is 0. The number of hydrogen-bond acceptors (Lipinski definition) is 4. The van der Waals surface area contributed by atoms with Crippen molar-refractivity contribution in [3.63, 3.8) is 0 Å². The van der Waals surface area contributed by atoms with Crippen molar-refractivity contribution in [2.45, 2.75) is 25.5 Å². The number of hydrogen-bond donors (Lipinski definition) is 4. The van der Waals surface area contributed by atoms with Crippen molar-refractivity contribution in [3.05, 3.63) is 29.3 Å². The number of aliphatic hydroxyl groups excluding tert-OH is 1. The molecule has 0 saturated carbocycles. The molecule has 0 aliphatic rings. The second-order valence-corrected chi connectivity index (χ2v) is 3.56. The largest absolute Gasteiger partial charge is 0.508 e. The number of carboxylic acid groups (broad SMARTS) is 1. The average Bonchev–Trinajstić information content (AvgIpc) is 2.27. The summed E-state index contributed by atoms with van der Waals surface area (Å²) in [7, 11) is 0. The number of rotatable bonds is 4. The summed E-state index contributed by atoms with van der Waals surface area (Å²) in [5, 5.41) is 27.8. The maximum atomic E-state index is 10.7. The van der Waals surface area contributed by atoms with Crippen LogP contribution in [0.25, 0.3) is 0 Å². The highest BCUT2D eigenvalue weighted by Gasteiger charge is 2.19. The number of nitrogens with two attached hydrogens (primary N) is 1. The van der Waals surface area contributed by atoms with Crippen LogP contribution >= 0.6 is 0 Å². The van der Waals surface area contributed by atoms with Gasteiger partial charge in [0.05, 0.1) is 6.10 Å². The van der Waals surface area contributed by atoms with Crippen LogP contribution in [0.3, 0.4) is 0 Å². The summed E-state index contributed by atoms with van der Waals surface area (Å²) in [4.78, 5) is 10.7. The van der Waals surface area contributed by atoms with Crippen molar-refractivity contribution in [1.82, 2.24) is 0 Å². The Labute approximate surface area is 93.1 Å². The van der Waals surface area contributed by atoms with E-state index in [4.69, 9.17) is 10.8 Å². The minimum atomic E-state index is -1.29. The molecule has 0 amide bonds. The monoisotopic (exact) mass is 225 g/mol. The molecule has 0 bridgehead atoms. The number of aliphatic carboxylic acids is 1. The molecule has 5 heteroatoms. The fraction of sp³-hybridized carbons (Fsp3) is 0.364. The Morgan fingerprint density at radius 1 is 1.50 bits per heavy atom. The number of carbonyl (C=O) groups is 1. The molecule has 0 heterocycles. The first-order chi connectivity index (χ1) is 7.47. The van der Waals surface area contributed by atoms with Crippen LogP contribution in [0.5, 0.6) is 5.75 Å². The van der Waals surface area contributed by atoms with Gasteiger partial charge in [0.15, 0.2) is 0 Å². The molecule has 1 rings (SSSR count). The lowest BCUT2D eigenvalue weighted by Crippen LogP contribution is -2.21. The van der Waals surface area contributed by atoms with E-state index in [1.54, 1.807) is 13.0 Å². The highest BCUT2D eigenvalue weighted by Crippen LogP contribution is 2.27. The molecule has 0 spiro atoms. The SMILES string of the molecule is CCC(O)c1ccc(O)c(C(N)C(=O)O)c1. The van der Waals surface area contributed by atoms with Crippen LogP contribution in [0.2, 0.25) is 0 Å². The van der Waals surface area contributed by atoms with E-state index in [1.165, 1.54) is 12.1 Å². The molecular weight excluding hydrogens is 210 g/mol. The second kappa shape index (κ2) is 4.96. The predicted molar refractivity (Wildman–Crippen MR) is 57.9 cm³/mol. The van der Waals surface area contributed by atoms with Gasteiger partial charge in [-0.3, -0.25) is 4.79 Å². The van der Waals surface area contributed by atoms with Gasteiger partial charge in [-0.05, 0) is 24.1 Å². The van der Waals surface area contributed by atoms with Gasteiger partial charge in [-0.2, -0.15) is 0 Å². The van der Waals surface area contributed by atoms with Crippen LogP contribution in [0.1, 0.15) is 36.6 Å². The predicted octanol–water partition coefficient (Wildman–Crippen LogP) is 0.920. The van der Waals surface area contributed by atoms with Crippen LogP contribution in [-0.2, 0) is 4.79 Å². The topological polar surface area (TPSA) is 104 Å². The Hall–Kier alpha value is -1.59. The summed E-state index contributed by atoms with van der Waals surface area (Å²) in [6.07, 6.45) is -0.174. The van der Waals surface area contributed by atoms with E-state index in [2.05, 4.69) is 0 Å². The minimum Gasteiger partial charge on any atom is -0.508 e. The Kier molecular flexibility index (Phi) is 3.87. The zero-order chi connectivity index (χ0) is 12.3. The summed E-state index contributed by atoms with van der Waals surface area (Å²) in [5.41, 5.74) is 6.06. The number of benzene rings is 1. The molecular formula is C11H15NO4. The molecule has 0 aromatic heterocycles. The van der Waals surface area contributed by atoms with Gasteiger partial charge in [0.2, 0.25) is 0 Å². The summed E-state index contributed by atoms with van der Waals surface area (Å²) in [6.45, 7) is 1.80. The summed E-state index contributed by atoms with van der Waals surface area (Å²) < 4.78 is 0. The second-order valence-electron chi connectivity index (χ2n) is 3.56. The average molecular weight is 225 g/mol. The van der Waals surface area contributed by atoms with E-state index >= 15 is 0 Å². The Bertz CT molecular complexity index is 392. The first kappa shape index (κ1) is 12.5. The number of aliphatic hydroxyl groups is 1. The number of carboxylic acids is 1. The normalized spacial score (nSPS) is 14.4. The molecule has 0 saturated heterocycles. The fourth-order valence-electron chi connectivity index (χ4n) is 1.40. The fourth-order valence-corrected chi connectivity index (χ4v) is 1.40. The molecule has 1 aromatic carbocycles. The van der Waals surface area contributed by atoms with Gasteiger partial charge >= 0.3 is 5.97 Å². The molecule has 2 unspecified atom stereocenters. The number of aromatic hydroxyl groups is 1. The highest BCUT2D eigenvalue weighted by molar-refractivity contribution is 5.76. The van der Waals surface area contributed by atoms with E-state index in [0.29, 0.717) is 12.0 Å². The van der Waals surface area contributed by atoms with E-state index in [-0.39, 0.29) is 11.3 Å². The van der Waals surface area contributed by atoms with Crippen molar-refractivity contribution in [1.29, 1.82) is 0 Å². The molecule has 0 radical (unpaired) electrons. The Balaban J connectivity index is 3.13. The molecule has 5 nitrogen and oxygen atoms in total. The highest BCUT2D eigenvalue weighted by atomic mass is 16.4. The zero-order valence-corrected chi connectivity index (χ0v) is 8.92. The van der Waals surface area contributed by atoms with E-state index in [9.17, 15) is 15.0 Å². The van der Waals surface area contributed by atoms with E-state index in [1.807, 2.05) is 0 Å². The van der Waals surface area contributed by atoms with Crippen LogP contribution < -0.4 is 5.73 Å². The summed E-state index contributed by atoms with van der Waals surface area (Å²) in [5.74, 6) is -1.40. The molecule has 0 aliphatic carbocycles. The first-order valence-corrected chi connectivity index (χ1v) is 4.96.